The normalized spacial score (nSPS) is 10.0. The first kappa shape index (κ1) is 12.6. The van der Waals surface area contributed by atoms with Crippen molar-refractivity contribution < 1.29 is 4.79 Å². The lowest BCUT2D eigenvalue weighted by atomic mass is 10.2. The number of carbonyl (C=O) groups excluding carboxylic acids is 1. The van der Waals surface area contributed by atoms with Crippen molar-refractivity contribution in [2.24, 2.45) is 5.92 Å². The molecule has 16 heavy (non-hydrogen) atoms. The van der Waals surface area contributed by atoms with Gasteiger partial charge in [0.25, 0.3) is 0 Å². The zero-order valence-electron chi connectivity index (χ0n) is 9.70. The number of nitrogens with one attached hydrogen (secondary N) is 2. The van der Waals surface area contributed by atoms with Crippen molar-refractivity contribution in [2.45, 2.75) is 20.8 Å². The predicted molar refractivity (Wildman–Crippen MR) is 71.8 cm³/mol. The zero-order valence-corrected chi connectivity index (χ0v) is 10.5. The van der Waals surface area contributed by atoms with E-state index in [-0.39, 0.29) is 11.8 Å². The van der Waals surface area contributed by atoms with Gasteiger partial charge in [-0.15, -0.1) is 0 Å². The molecule has 86 valence electrons. The van der Waals surface area contributed by atoms with E-state index in [9.17, 15) is 4.79 Å². The summed E-state index contributed by atoms with van der Waals surface area (Å²) in [7, 11) is 0. The molecule has 0 atom stereocenters. The van der Waals surface area contributed by atoms with Crippen LogP contribution in [-0.4, -0.2) is 10.9 Å². The molecule has 0 heterocycles. The largest absolute Gasteiger partial charge is 0.348 e. The average Bonchev–Trinajstić information content (AvgIpc) is 2.20. The van der Waals surface area contributed by atoms with Gasteiger partial charge < -0.3 is 10.6 Å². The van der Waals surface area contributed by atoms with E-state index in [0.717, 1.165) is 16.4 Å². The first-order valence-corrected chi connectivity index (χ1v) is 5.59. The van der Waals surface area contributed by atoms with Crippen molar-refractivity contribution in [3.63, 3.8) is 0 Å². The smallest absolute Gasteiger partial charge is 0.221 e. The Morgan fingerprint density at radius 1 is 1.19 bits per heavy atom. The molecule has 3 nitrogen and oxygen atoms in total. The van der Waals surface area contributed by atoms with Gasteiger partial charge in [-0.2, -0.15) is 0 Å². The second-order valence-electron chi connectivity index (χ2n) is 3.87. The third-order valence-corrected chi connectivity index (χ3v) is 2.59. The molecular formula is C12H16N2OS. The van der Waals surface area contributed by atoms with E-state index in [2.05, 4.69) is 10.6 Å². The van der Waals surface area contributed by atoms with Gasteiger partial charge in [0, 0.05) is 12.8 Å². The molecule has 0 aliphatic carbocycles. The Bertz CT molecular complexity index is 402. The highest BCUT2D eigenvalue weighted by Crippen LogP contribution is 2.21. The standard InChI is InChI=1S/C12H16N2OS/c1-8(2)12(16)14-11-7-5-4-6-10(11)13-9(3)15/h4-8H,1-3H3,(H,13,15)(H,14,16). The molecule has 0 saturated heterocycles. The van der Waals surface area contributed by atoms with Crippen LogP contribution in [0.4, 0.5) is 11.4 Å². The Kier molecular flexibility index (Phi) is 4.43. The first-order chi connectivity index (χ1) is 7.50. The number of anilines is 2. The maximum Gasteiger partial charge on any atom is 0.221 e. The summed E-state index contributed by atoms with van der Waals surface area (Å²) >= 11 is 5.21. The van der Waals surface area contributed by atoms with Crippen LogP contribution in [0.1, 0.15) is 20.8 Å². The number of hydrogen-bond donors (Lipinski definition) is 2. The Morgan fingerprint density at radius 2 is 1.69 bits per heavy atom. The number of hydrogen-bond acceptors (Lipinski definition) is 2. The van der Waals surface area contributed by atoms with Gasteiger partial charge in [0.05, 0.1) is 16.4 Å². The van der Waals surface area contributed by atoms with Crippen LogP contribution < -0.4 is 10.6 Å². The Balaban J connectivity index is 2.86. The van der Waals surface area contributed by atoms with Gasteiger partial charge in [0.1, 0.15) is 0 Å². The second kappa shape index (κ2) is 5.61. The van der Waals surface area contributed by atoms with E-state index in [4.69, 9.17) is 12.2 Å². The molecule has 0 aliphatic heterocycles. The quantitative estimate of drug-likeness (QED) is 0.793. The van der Waals surface area contributed by atoms with Crippen molar-refractivity contribution in [3.8, 4) is 0 Å². The fourth-order valence-electron chi connectivity index (χ4n) is 1.17. The summed E-state index contributed by atoms with van der Waals surface area (Å²) in [6.45, 7) is 5.53. The van der Waals surface area contributed by atoms with Crippen molar-refractivity contribution in [1.82, 2.24) is 0 Å². The molecular weight excluding hydrogens is 220 g/mol. The van der Waals surface area contributed by atoms with Crippen LogP contribution in [0.15, 0.2) is 24.3 Å². The molecule has 0 spiro atoms. The minimum Gasteiger partial charge on any atom is -0.348 e. The number of para-hydroxylation sites is 2. The van der Waals surface area contributed by atoms with Gasteiger partial charge in [-0.25, -0.2) is 0 Å². The lowest BCUT2D eigenvalue weighted by molar-refractivity contribution is -0.114. The summed E-state index contributed by atoms with van der Waals surface area (Å²) < 4.78 is 0. The number of benzene rings is 1. The van der Waals surface area contributed by atoms with Gasteiger partial charge in [0.2, 0.25) is 5.91 Å². The first-order valence-electron chi connectivity index (χ1n) is 5.18. The van der Waals surface area contributed by atoms with Gasteiger partial charge in [-0.1, -0.05) is 38.2 Å². The lowest BCUT2D eigenvalue weighted by Crippen LogP contribution is -2.17. The average molecular weight is 236 g/mol. The molecule has 0 fully saturated rings. The van der Waals surface area contributed by atoms with E-state index in [1.165, 1.54) is 6.92 Å². The van der Waals surface area contributed by atoms with Gasteiger partial charge in [-0.3, -0.25) is 4.79 Å². The van der Waals surface area contributed by atoms with Crippen molar-refractivity contribution in [3.05, 3.63) is 24.3 Å². The topological polar surface area (TPSA) is 41.1 Å². The monoisotopic (exact) mass is 236 g/mol. The molecule has 0 radical (unpaired) electrons. The summed E-state index contributed by atoms with van der Waals surface area (Å²) in [6, 6.07) is 7.50. The Hall–Kier alpha value is -1.42. The highest BCUT2D eigenvalue weighted by Gasteiger charge is 2.07. The van der Waals surface area contributed by atoms with Crippen molar-refractivity contribution in [1.29, 1.82) is 0 Å². The number of rotatable bonds is 3. The van der Waals surface area contributed by atoms with Crippen LogP contribution in [0.2, 0.25) is 0 Å². The van der Waals surface area contributed by atoms with Crippen LogP contribution >= 0.6 is 12.2 Å². The van der Waals surface area contributed by atoms with Crippen LogP contribution in [-0.2, 0) is 4.79 Å². The van der Waals surface area contributed by atoms with Gasteiger partial charge in [0.15, 0.2) is 0 Å². The minimum absolute atomic E-state index is 0.0929. The fourth-order valence-corrected chi connectivity index (χ4v) is 1.28. The molecule has 2 N–H and O–H groups in total. The molecule has 1 aromatic carbocycles. The molecule has 1 rings (SSSR count). The van der Waals surface area contributed by atoms with Crippen LogP contribution in [0.5, 0.6) is 0 Å². The van der Waals surface area contributed by atoms with Gasteiger partial charge in [-0.05, 0) is 12.1 Å². The van der Waals surface area contributed by atoms with E-state index in [0.29, 0.717) is 0 Å². The van der Waals surface area contributed by atoms with Crippen molar-refractivity contribution in [2.75, 3.05) is 10.6 Å². The highest BCUT2D eigenvalue weighted by atomic mass is 32.1. The lowest BCUT2D eigenvalue weighted by Gasteiger charge is -2.14. The van der Waals surface area contributed by atoms with Crippen molar-refractivity contribution >= 4 is 34.5 Å². The van der Waals surface area contributed by atoms with Crippen LogP contribution in [0, 0.1) is 5.92 Å². The molecule has 0 aromatic heterocycles. The molecule has 1 aromatic rings. The number of thiocarbonyl (C=S) groups is 1. The fraction of sp³-hybridized carbons (Fsp3) is 0.333. The number of carbonyl (C=O) groups is 1. The summed E-state index contributed by atoms with van der Waals surface area (Å²) in [5.74, 6) is 0.185. The summed E-state index contributed by atoms with van der Waals surface area (Å²) in [4.78, 5) is 11.8. The Labute approximate surface area is 101 Å². The summed E-state index contributed by atoms with van der Waals surface area (Å²) in [5, 5.41) is 5.89. The van der Waals surface area contributed by atoms with Crippen LogP contribution in [0.25, 0.3) is 0 Å². The maximum atomic E-state index is 11.0. The predicted octanol–water partition coefficient (Wildman–Crippen LogP) is 3.04. The van der Waals surface area contributed by atoms with E-state index >= 15 is 0 Å². The van der Waals surface area contributed by atoms with E-state index < -0.39 is 0 Å². The highest BCUT2D eigenvalue weighted by molar-refractivity contribution is 7.80. The molecule has 1 amide bonds. The third kappa shape index (κ3) is 3.62. The molecule has 0 aliphatic rings. The molecule has 0 saturated carbocycles. The number of amides is 1. The van der Waals surface area contributed by atoms with E-state index in [1.807, 2.05) is 38.1 Å². The molecule has 4 heteroatoms. The molecule has 0 unspecified atom stereocenters. The SMILES string of the molecule is CC(=O)Nc1ccccc1NC(=S)C(C)C. The summed E-state index contributed by atoms with van der Waals surface area (Å²) in [6.07, 6.45) is 0. The molecule has 0 bridgehead atoms. The maximum absolute atomic E-state index is 11.0. The van der Waals surface area contributed by atoms with Crippen LogP contribution in [0.3, 0.4) is 0 Å². The Morgan fingerprint density at radius 3 is 2.12 bits per heavy atom. The zero-order chi connectivity index (χ0) is 12.1. The third-order valence-electron chi connectivity index (χ3n) is 2.02. The van der Waals surface area contributed by atoms with E-state index in [1.54, 1.807) is 0 Å². The minimum atomic E-state index is -0.0929. The second-order valence-corrected chi connectivity index (χ2v) is 4.31. The van der Waals surface area contributed by atoms with Gasteiger partial charge >= 0.3 is 0 Å². The summed E-state index contributed by atoms with van der Waals surface area (Å²) in [5.41, 5.74) is 1.58.